The second kappa shape index (κ2) is 5.93. The molecule has 1 aromatic heterocycles. The van der Waals surface area contributed by atoms with Crippen LogP contribution in [0.5, 0.6) is 0 Å². The molecule has 0 aliphatic rings. The van der Waals surface area contributed by atoms with Crippen molar-refractivity contribution in [3.63, 3.8) is 0 Å². The number of benzene rings is 2. The summed E-state index contributed by atoms with van der Waals surface area (Å²) in [5.41, 5.74) is 12.7. The van der Waals surface area contributed by atoms with E-state index in [1.807, 2.05) is 12.1 Å². The minimum absolute atomic E-state index is 0.801. The molecule has 3 rings (SSSR count). The lowest BCUT2D eigenvalue weighted by Crippen LogP contribution is -1.90. The van der Waals surface area contributed by atoms with E-state index in [4.69, 9.17) is 10.7 Å². The maximum Gasteiger partial charge on any atom is 0.0979 e. The van der Waals surface area contributed by atoms with Crippen LogP contribution in [-0.2, 0) is 6.42 Å². The fourth-order valence-corrected chi connectivity index (χ4v) is 3.48. The number of aryl methyl sites for hydroxylation is 3. The van der Waals surface area contributed by atoms with Crippen molar-refractivity contribution in [2.75, 3.05) is 5.73 Å². The summed E-state index contributed by atoms with van der Waals surface area (Å²) < 4.78 is 0. The summed E-state index contributed by atoms with van der Waals surface area (Å²) in [4.78, 5) is 6.13. The lowest BCUT2D eigenvalue weighted by atomic mass is 10.0. The molecule has 3 aromatic rings. The number of anilines is 1. The van der Waals surface area contributed by atoms with Crippen LogP contribution in [0.2, 0.25) is 0 Å². The summed E-state index contributed by atoms with van der Waals surface area (Å²) in [6.45, 7) is 6.43. The average molecular weight is 308 g/mol. The molecule has 0 aliphatic heterocycles. The number of thiazole rings is 1. The van der Waals surface area contributed by atoms with Crippen molar-refractivity contribution in [2.45, 2.75) is 27.2 Å². The minimum atomic E-state index is 0.801. The number of nitrogen functional groups attached to an aromatic ring is 1. The van der Waals surface area contributed by atoms with Gasteiger partial charge >= 0.3 is 0 Å². The zero-order chi connectivity index (χ0) is 15.7. The molecule has 0 saturated carbocycles. The Morgan fingerprint density at radius 1 is 0.955 bits per heavy atom. The van der Waals surface area contributed by atoms with Gasteiger partial charge in [-0.3, -0.25) is 0 Å². The van der Waals surface area contributed by atoms with Gasteiger partial charge in [0.1, 0.15) is 0 Å². The average Bonchev–Trinajstić information content (AvgIpc) is 2.85. The molecule has 0 radical (unpaired) electrons. The molecule has 3 heteroatoms. The number of hydrogen-bond acceptors (Lipinski definition) is 3. The first-order chi connectivity index (χ1) is 10.5. The summed E-state index contributed by atoms with van der Waals surface area (Å²) >= 11 is 1.78. The summed E-state index contributed by atoms with van der Waals surface area (Å²) in [6.07, 6.45) is 0.858. The van der Waals surface area contributed by atoms with Gasteiger partial charge in [-0.25, -0.2) is 4.98 Å². The third kappa shape index (κ3) is 3.04. The lowest BCUT2D eigenvalue weighted by molar-refractivity contribution is 1.14. The van der Waals surface area contributed by atoms with E-state index < -0.39 is 0 Å². The predicted octanol–water partition coefficient (Wildman–Crippen LogP) is 4.91. The van der Waals surface area contributed by atoms with E-state index in [1.54, 1.807) is 11.3 Å². The predicted molar refractivity (Wildman–Crippen MR) is 95.4 cm³/mol. The van der Waals surface area contributed by atoms with Crippen LogP contribution >= 0.6 is 11.3 Å². The first-order valence-electron chi connectivity index (χ1n) is 7.41. The van der Waals surface area contributed by atoms with E-state index in [0.29, 0.717) is 0 Å². The highest BCUT2D eigenvalue weighted by Gasteiger charge is 2.11. The number of hydrogen-bond donors (Lipinski definition) is 1. The van der Waals surface area contributed by atoms with Gasteiger partial charge in [0.05, 0.1) is 10.7 Å². The molecule has 2 N–H and O–H groups in total. The minimum Gasteiger partial charge on any atom is -0.399 e. The zero-order valence-corrected chi connectivity index (χ0v) is 14.0. The Morgan fingerprint density at radius 2 is 1.68 bits per heavy atom. The fraction of sp³-hybridized carbons (Fsp3) is 0.211. The highest BCUT2D eigenvalue weighted by molar-refractivity contribution is 7.12. The molecule has 112 valence electrons. The highest BCUT2D eigenvalue weighted by atomic mass is 32.1. The van der Waals surface area contributed by atoms with Crippen LogP contribution in [0.3, 0.4) is 0 Å². The molecule has 0 saturated heterocycles. The van der Waals surface area contributed by atoms with Gasteiger partial charge in [-0.1, -0.05) is 24.3 Å². The summed E-state index contributed by atoms with van der Waals surface area (Å²) in [6, 6.07) is 14.6. The highest BCUT2D eigenvalue weighted by Crippen LogP contribution is 2.30. The maximum absolute atomic E-state index is 5.74. The Labute approximate surface area is 135 Å². The number of nitrogens with zero attached hydrogens (tertiary/aromatic N) is 1. The standard InChI is InChI=1S/C19H20N2S/c1-12-4-7-16(10-13(12)2)19-14(3)22-18(21-19)11-15-5-8-17(20)9-6-15/h4-10H,11,20H2,1-3H3. The SMILES string of the molecule is Cc1ccc(-c2nc(Cc3ccc(N)cc3)sc2C)cc1C. The third-order valence-corrected chi connectivity index (χ3v) is 4.93. The first-order valence-corrected chi connectivity index (χ1v) is 8.23. The molecule has 0 unspecified atom stereocenters. The van der Waals surface area contributed by atoms with Gasteiger partial charge in [0.25, 0.3) is 0 Å². The van der Waals surface area contributed by atoms with Crippen LogP contribution in [0.25, 0.3) is 11.3 Å². The van der Waals surface area contributed by atoms with E-state index in [9.17, 15) is 0 Å². The van der Waals surface area contributed by atoms with Gasteiger partial charge in [-0.05, 0) is 55.7 Å². The van der Waals surface area contributed by atoms with E-state index in [0.717, 1.165) is 22.8 Å². The van der Waals surface area contributed by atoms with Crippen LogP contribution in [0.1, 0.15) is 26.6 Å². The molecule has 0 amide bonds. The summed E-state index contributed by atoms with van der Waals surface area (Å²) in [5.74, 6) is 0. The van der Waals surface area contributed by atoms with Gasteiger partial charge in [0, 0.05) is 22.5 Å². The fourth-order valence-electron chi connectivity index (χ4n) is 2.49. The zero-order valence-electron chi connectivity index (χ0n) is 13.2. The topological polar surface area (TPSA) is 38.9 Å². The third-order valence-electron chi connectivity index (χ3n) is 3.96. The Kier molecular flexibility index (Phi) is 3.99. The molecule has 2 nitrogen and oxygen atoms in total. The molecular formula is C19H20N2S. The molecule has 2 aromatic carbocycles. The molecule has 1 heterocycles. The molecule has 0 atom stereocenters. The Bertz CT molecular complexity index is 801. The molecule has 0 fully saturated rings. The second-order valence-electron chi connectivity index (χ2n) is 5.73. The normalized spacial score (nSPS) is 10.9. The van der Waals surface area contributed by atoms with Crippen molar-refractivity contribution in [1.29, 1.82) is 0 Å². The van der Waals surface area contributed by atoms with Gasteiger partial charge in [-0.15, -0.1) is 11.3 Å². The maximum atomic E-state index is 5.74. The monoisotopic (exact) mass is 308 g/mol. The van der Waals surface area contributed by atoms with Crippen LogP contribution in [-0.4, -0.2) is 4.98 Å². The number of nitrogens with two attached hydrogens (primary N) is 1. The molecule has 0 aliphatic carbocycles. The Morgan fingerprint density at radius 3 is 2.36 bits per heavy atom. The second-order valence-corrected chi connectivity index (χ2v) is 7.02. The molecular weight excluding hydrogens is 288 g/mol. The van der Waals surface area contributed by atoms with Gasteiger partial charge < -0.3 is 5.73 Å². The van der Waals surface area contributed by atoms with Crippen molar-refractivity contribution < 1.29 is 0 Å². The first kappa shape index (κ1) is 14.8. The summed E-state index contributed by atoms with van der Waals surface area (Å²) in [5, 5.41) is 1.15. The molecule has 0 bridgehead atoms. The van der Waals surface area contributed by atoms with Crippen molar-refractivity contribution in [2.24, 2.45) is 0 Å². The largest absolute Gasteiger partial charge is 0.399 e. The van der Waals surface area contributed by atoms with Crippen molar-refractivity contribution in [3.8, 4) is 11.3 Å². The Balaban J connectivity index is 1.90. The van der Waals surface area contributed by atoms with E-state index >= 15 is 0 Å². The van der Waals surface area contributed by atoms with Crippen molar-refractivity contribution in [3.05, 3.63) is 69.0 Å². The van der Waals surface area contributed by atoms with Crippen LogP contribution in [0, 0.1) is 20.8 Å². The van der Waals surface area contributed by atoms with Gasteiger partial charge in [0.15, 0.2) is 0 Å². The number of rotatable bonds is 3. The van der Waals surface area contributed by atoms with Gasteiger partial charge in [-0.2, -0.15) is 0 Å². The molecule has 22 heavy (non-hydrogen) atoms. The van der Waals surface area contributed by atoms with Crippen molar-refractivity contribution >= 4 is 17.0 Å². The Hall–Kier alpha value is -2.13. The van der Waals surface area contributed by atoms with Crippen molar-refractivity contribution in [1.82, 2.24) is 4.98 Å². The van der Waals surface area contributed by atoms with Crippen LogP contribution in [0.15, 0.2) is 42.5 Å². The van der Waals surface area contributed by atoms with Gasteiger partial charge in [0.2, 0.25) is 0 Å². The number of aromatic nitrogens is 1. The van der Waals surface area contributed by atoms with Crippen LogP contribution in [0.4, 0.5) is 5.69 Å². The van der Waals surface area contributed by atoms with E-state index in [1.165, 1.54) is 27.1 Å². The quantitative estimate of drug-likeness (QED) is 0.698. The van der Waals surface area contributed by atoms with E-state index in [2.05, 4.69) is 51.1 Å². The van der Waals surface area contributed by atoms with Crippen LogP contribution < -0.4 is 5.73 Å². The summed E-state index contributed by atoms with van der Waals surface area (Å²) in [7, 11) is 0. The molecule has 0 spiro atoms. The van der Waals surface area contributed by atoms with E-state index in [-0.39, 0.29) is 0 Å². The smallest absolute Gasteiger partial charge is 0.0979 e. The lowest BCUT2D eigenvalue weighted by Gasteiger charge is -2.03.